The van der Waals surface area contributed by atoms with E-state index in [1.165, 1.54) is 7.11 Å². The lowest BCUT2D eigenvalue weighted by Crippen LogP contribution is -2.34. The van der Waals surface area contributed by atoms with Gasteiger partial charge in [0.15, 0.2) is 0 Å². The van der Waals surface area contributed by atoms with Crippen molar-refractivity contribution in [2.75, 3.05) is 45.9 Å². The predicted molar refractivity (Wildman–Crippen MR) is 84.9 cm³/mol. The normalized spacial score (nSPS) is 17.3. The van der Waals surface area contributed by atoms with Gasteiger partial charge in [-0.1, -0.05) is 0 Å². The number of amides is 2. The Morgan fingerprint density at radius 3 is 2.74 bits per heavy atom. The summed E-state index contributed by atoms with van der Waals surface area (Å²) in [5, 5.41) is 2.77. The third kappa shape index (κ3) is 3.92. The number of carbonyl (C=O) groups excluding carboxylic acids is 2. The molecule has 1 N–H and O–H groups in total. The molecule has 2 rings (SSSR count). The Bertz CT molecular complexity index is 576. The topological polar surface area (TPSA) is 77.1 Å². The van der Waals surface area contributed by atoms with Crippen molar-refractivity contribution in [1.29, 1.82) is 0 Å². The van der Waals surface area contributed by atoms with Gasteiger partial charge in [-0.3, -0.25) is 9.59 Å². The number of nitrogens with zero attached hydrogens (tertiary/aromatic N) is 1. The summed E-state index contributed by atoms with van der Waals surface area (Å²) in [7, 11) is 4.67. The van der Waals surface area contributed by atoms with Gasteiger partial charge in [0.25, 0.3) is 0 Å². The minimum absolute atomic E-state index is 0.0969. The van der Waals surface area contributed by atoms with Crippen LogP contribution in [0.5, 0.6) is 11.5 Å². The maximum atomic E-state index is 12.3. The lowest BCUT2D eigenvalue weighted by Gasteiger charge is -2.20. The fourth-order valence-electron chi connectivity index (χ4n) is 2.54. The molecule has 1 heterocycles. The van der Waals surface area contributed by atoms with E-state index < -0.39 is 0 Å². The van der Waals surface area contributed by atoms with E-state index in [1.807, 2.05) is 0 Å². The predicted octanol–water partition coefficient (Wildman–Crippen LogP) is 0.819. The molecule has 0 saturated carbocycles. The van der Waals surface area contributed by atoms with Gasteiger partial charge in [-0.05, 0) is 12.1 Å². The van der Waals surface area contributed by atoms with Crippen LogP contribution in [0.3, 0.4) is 0 Å². The number of hydrogen-bond donors (Lipinski definition) is 1. The van der Waals surface area contributed by atoms with E-state index in [-0.39, 0.29) is 24.2 Å². The summed E-state index contributed by atoms with van der Waals surface area (Å²) in [6.07, 6.45) is 0.188. The second-order valence-electron chi connectivity index (χ2n) is 5.23. The Balaban J connectivity index is 2.09. The first-order valence-corrected chi connectivity index (χ1v) is 7.39. The van der Waals surface area contributed by atoms with Crippen molar-refractivity contribution >= 4 is 17.5 Å². The molecule has 126 valence electrons. The van der Waals surface area contributed by atoms with Crippen molar-refractivity contribution in [3.05, 3.63) is 18.2 Å². The molecule has 1 aliphatic heterocycles. The maximum absolute atomic E-state index is 12.3. The van der Waals surface area contributed by atoms with Crippen LogP contribution in [0.2, 0.25) is 0 Å². The van der Waals surface area contributed by atoms with E-state index in [4.69, 9.17) is 14.2 Å². The zero-order chi connectivity index (χ0) is 16.8. The number of benzene rings is 1. The third-order valence-electron chi connectivity index (χ3n) is 3.78. The first kappa shape index (κ1) is 17.1. The minimum Gasteiger partial charge on any atom is -0.497 e. The lowest BCUT2D eigenvalue weighted by atomic mass is 10.1. The molecule has 0 radical (unpaired) electrons. The van der Waals surface area contributed by atoms with Gasteiger partial charge in [-0.15, -0.1) is 0 Å². The Kier molecular flexibility index (Phi) is 5.81. The molecule has 1 fully saturated rings. The number of hydrogen-bond acceptors (Lipinski definition) is 5. The highest BCUT2D eigenvalue weighted by atomic mass is 16.5. The molecule has 7 nitrogen and oxygen atoms in total. The van der Waals surface area contributed by atoms with E-state index in [0.717, 1.165) is 0 Å². The summed E-state index contributed by atoms with van der Waals surface area (Å²) in [5.41, 5.74) is 0.644. The van der Waals surface area contributed by atoms with Crippen molar-refractivity contribution in [1.82, 2.24) is 5.32 Å². The third-order valence-corrected chi connectivity index (χ3v) is 3.78. The summed E-state index contributed by atoms with van der Waals surface area (Å²) in [6, 6.07) is 5.24. The quantitative estimate of drug-likeness (QED) is 0.752. The summed E-state index contributed by atoms with van der Waals surface area (Å²) in [6.45, 7) is 1.22. The molecule has 0 spiro atoms. The van der Waals surface area contributed by atoms with Crippen LogP contribution in [0.1, 0.15) is 6.42 Å². The average molecular weight is 322 g/mol. The number of ether oxygens (including phenoxy) is 3. The van der Waals surface area contributed by atoms with Crippen molar-refractivity contribution in [3.8, 4) is 11.5 Å². The Morgan fingerprint density at radius 1 is 1.30 bits per heavy atom. The summed E-state index contributed by atoms with van der Waals surface area (Å²) >= 11 is 0. The Hall–Kier alpha value is -2.28. The highest BCUT2D eigenvalue weighted by Crippen LogP contribution is 2.35. The first-order chi connectivity index (χ1) is 11.1. The molecule has 1 aromatic rings. The van der Waals surface area contributed by atoms with Crippen LogP contribution in [0, 0.1) is 5.92 Å². The minimum atomic E-state index is -0.369. The molecular formula is C16H22N2O5. The lowest BCUT2D eigenvalue weighted by molar-refractivity contribution is -0.126. The van der Waals surface area contributed by atoms with Gasteiger partial charge >= 0.3 is 0 Å². The maximum Gasteiger partial charge on any atom is 0.227 e. The Morgan fingerprint density at radius 2 is 2.09 bits per heavy atom. The van der Waals surface area contributed by atoms with Gasteiger partial charge in [-0.25, -0.2) is 0 Å². The second kappa shape index (κ2) is 7.82. The van der Waals surface area contributed by atoms with Gasteiger partial charge in [0, 0.05) is 32.7 Å². The van der Waals surface area contributed by atoms with E-state index >= 15 is 0 Å². The standard InChI is InChI=1S/C16H22N2O5/c1-21-7-6-17-16(20)11-8-15(19)18(10-11)13-5-4-12(22-2)9-14(13)23-3/h4-5,9,11H,6-8,10H2,1-3H3,(H,17,20). The number of nitrogens with one attached hydrogen (secondary N) is 1. The molecule has 1 aliphatic rings. The highest BCUT2D eigenvalue weighted by Gasteiger charge is 2.36. The van der Waals surface area contributed by atoms with Crippen LogP contribution in [0.25, 0.3) is 0 Å². The fourth-order valence-corrected chi connectivity index (χ4v) is 2.54. The van der Waals surface area contributed by atoms with Crippen LogP contribution in [0.4, 0.5) is 5.69 Å². The molecular weight excluding hydrogens is 300 g/mol. The van der Waals surface area contributed by atoms with Crippen molar-refractivity contribution in [2.24, 2.45) is 5.92 Å². The van der Waals surface area contributed by atoms with E-state index in [9.17, 15) is 9.59 Å². The zero-order valence-corrected chi connectivity index (χ0v) is 13.6. The Labute approximate surface area is 135 Å². The van der Waals surface area contributed by atoms with Crippen LogP contribution in [0.15, 0.2) is 18.2 Å². The van der Waals surface area contributed by atoms with Gasteiger partial charge in [0.05, 0.1) is 32.4 Å². The number of methoxy groups -OCH3 is 3. The van der Waals surface area contributed by atoms with Crippen LogP contribution in [-0.4, -0.2) is 52.8 Å². The van der Waals surface area contributed by atoms with Gasteiger partial charge < -0.3 is 24.4 Å². The van der Waals surface area contributed by atoms with Crippen molar-refractivity contribution in [3.63, 3.8) is 0 Å². The number of anilines is 1. The smallest absolute Gasteiger partial charge is 0.227 e. The number of carbonyl (C=O) groups is 2. The summed E-state index contributed by atoms with van der Waals surface area (Å²) in [5.74, 6) is 0.584. The van der Waals surface area contributed by atoms with Gasteiger partial charge in [0.1, 0.15) is 11.5 Å². The fraction of sp³-hybridized carbons (Fsp3) is 0.500. The van der Waals surface area contributed by atoms with Crippen LogP contribution in [-0.2, 0) is 14.3 Å². The summed E-state index contributed by atoms with van der Waals surface area (Å²) in [4.78, 5) is 26.0. The molecule has 1 unspecified atom stereocenters. The SMILES string of the molecule is COCCNC(=O)C1CC(=O)N(c2ccc(OC)cc2OC)C1. The molecule has 7 heteroatoms. The van der Waals surface area contributed by atoms with Crippen LogP contribution < -0.4 is 19.7 Å². The molecule has 1 saturated heterocycles. The largest absolute Gasteiger partial charge is 0.497 e. The molecule has 23 heavy (non-hydrogen) atoms. The van der Waals surface area contributed by atoms with Crippen LogP contribution >= 0.6 is 0 Å². The van der Waals surface area contributed by atoms with E-state index in [2.05, 4.69) is 5.32 Å². The molecule has 1 aromatic carbocycles. The van der Waals surface area contributed by atoms with E-state index in [1.54, 1.807) is 37.3 Å². The van der Waals surface area contributed by atoms with Gasteiger partial charge in [0.2, 0.25) is 11.8 Å². The van der Waals surface area contributed by atoms with Crippen molar-refractivity contribution in [2.45, 2.75) is 6.42 Å². The monoisotopic (exact) mass is 322 g/mol. The van der Waals surface area contributed by atoms with E-state index in [0.29, 0.717) is 36.9 Å². The highest BCUT2D eigenvalue weighted by molar-refractivity contribution is 6.01. The molecule has 2 amide bonds. The molecule has 0 aliphatic carbocycles. The van der Waals surface area contributed by atoms with Crippen molar-refractivity contribution < 1.29 is 23.8 Å². The average Bonchev–Trinajstić information content (AvgIpc) is 2.96. The second-order valence-corrected chi connectivity index (χ2v) is 5.23. The molecule has 0 bridgehead atoms. The first-order valence-electron chi connectivity index (χ1n) is 7.39. The number of rotatable bonds is 7. The zero-order valence-electron chi connectivity index (χ0n) is 13.6. The molecule has 0 aromatic heterocycles. The summed E-state index contributed by atoms with van der Waals surface area (Å²) < 4.78 is 15.4. The molecule has 1 atom stereocenters. The van der Waals surface area contributed by atoms with Gasteiger partial charge in [-0.2, -0.15) is 0 Å².